The van der Waals surface area contributed by atoms with Gasteiger partial charge in [-0.1, -0.05) is 19.1 Å². The van der Waals surface area contributed by atoms with Gasteiger partial charge in [0.2, 0.25) is 0 Å². The van der Waals surface area contributed by atoms with Crippen LogP contribution in [0.3, 0.4) is 0 Å². The number of ether oxygens (including phenoxy) is 1. The van der Waals surface area contributed by atoms with E-state index in [-0.39, 0.29) is 11.9 Å². The van der Waals surface area contributed by atoms with Gasteiger partial charge in [0.1, 0.15) is 11.5 Å². The van der Waals surface area contributed by atoms with Crippen molar-refractivity contribution in [1.82, 2.24) is 15.1 Å². The first-order valence-corrected chi connectivity index (χ1v) is 7.64. The van der Waals surface area contributed by atoms with Crippen molar-refractivity contribution >= 4 is 15.9 Å². The Morgan fingerprint density at radius 2 is 2.24 bits per heavy atom. The molecule has 1 aromatic carbocycles. The third-order valence-corrected chi connectivity index (χ3v) is 3.97. The first kappa shape index (κ1) is 16.0. The van der Waals surface area contributed by atoms with Gasteiger partial charge in [0, 0.05) is 12.1 Å². The number of methoxy groups -OCH3 is 1. The van der Waals surface area contributed by atoms with E-state index in [0.29, 0.717) is 15.8 Å². The molecule has 0 bridgehead atoms. The number of benzene rings is 1. The molecule has 0 radical (unpaired) electrons. The Morgan fingerprint density at radius 1 is 1.48 bits per heavy atom. The molecule has 0 aliphatic heterocycles. The van der Waals surface area contributed by atoms with Crippen LogP contribution in [-0.4, -0.2) is 23.9 Å². The van der Waals surface area contributed by atoms with Crippen molar-refractivity contribution in [1.29, 1.82) is 0 Å². The number of hydrogen-bond donors (Lipinski definition) is 1. The van der Waals surface area contributed by atoms with Crippen molar-refractivity contribution in [2.45, 2.75) is 25.9 Å². The van der Waals surface area contributed by atoms with Gasteiger partial charge in [0.05, 0.1) is 23.8 Å². The Labute approximate surface area is 132 Å². The molecule has 0 amide bonds. The van der Waals surface area contributed by atoms with E-state index >= 15 is 0 Å². The highest BCUT2D eigenvalue weighted by Gasteiger charge is 2.25. The van der Waals surface area contributed by atoms with Crippen LogP contribution in [0.4, 0.5) is 4.39 Å². The van der Waals surface area contributed by atoms with Crippen LogP contribution in [0.15, 0.2) is 28.9 Å². The predicted octanol–water partition coefficient (Wildman–Crippen LogP) is 3.51. The number of nitrogens with one attached hydrogen (secondary N) is 1. The zero-order chi connectivity index (χ0) is 15.4. The summed E-state index contributed by atoms with van der Waals surface area (Å²) >= 11 is 3.24. The molecule has 1 unspecified atom stereocenters. The number of halogens is 2. The Bertz CT molecular complexity index is 615. The molecule has 1 atom stereocenters. The maximum atomic E-state index is 14.4. The molecule has 0 saturated carbocycles. The van der Waals surface area contributed by atoms with E-state index < -0.39 is 0 Å². The number of rotatable bonds is 6. The Kier molecular flexibility index (Phi) is 5.36. The van der Waals surface area contributed by atoms with E-state index in [0.717, 1.165) is 18.7 Å². The van der Waals surface area contributed by atoms with Crippen molar-refractivity contribution in [2.24, 2.45) is 0 Å². The highest BCUT2D eigenvalue weighted by atomic mass is 79.9. The summed E-state index contributed by atoms with van der Waals surface area (Å²) in [5.41, 5.74) is 1.39. The van der Waals surface area contributed by atoms with E-state index in [9.17, 15) is 4.39 Å². The smallest absolute Gasteiger partial charge is 0.161 e. The molecular weight excluding hydrogens is 337 g/mol. The monoisotopic (exact) mass is 355 g/mol. The summed E-state index contributed by atoms with van der Waals surface area (Å²) in [5.74, 6) is 0.380. The lowest BCUT2D eigenvalue weighted by Gasteiger charge is -2.20. The average molecular weight is 356 g/mol. The topological polar surface area (TPSA) is 39.1 Å². The summed E-state index contributed by atoms with van der Waals surface area (Å²) in [4.78, 5) is 0. The molecule has 1 N–H and O–H groups in total. The quantitative estimate of drug-likeness (QED) is 0.861. The molecule has 1 heterocycles. The highest BCUT2D eigenvalue weighted by molar-refractivity contribution is 9.10. The van der Waals surface area contributed by atoms with Crippen LogP contribution in [0, 0.1) is 5.82 Å². The molecule has 0 aliphatic carbocycles. The number of aromatic nitrogens is 2. The van der Waals surface area contributed by atoms with Crippen LogP contribution in [-0.2, 0) is 6.54 Å². The Balaban J connectivity index is 2.55. The van der Waals surface area contributed by atoms with Crippen LogP contribution in [0.5, 0.6) is 5.75 Å². The number of hydrogen-bond acceptors (Lipinski definition) is 3. The molecule has 2 aromatic rings. The van der Waals surface area contributed by atoms with Gasteiger partial charge in [-0.05, 0) is 35.5 Å². The lowest BCUT2D eigenvalue weighted by molar-refractivity contribution is 0.398. The first-order valence-electron chi connectivity index (χ1n) is 6.84. The van der Waals surface area contributed by atoms with Gasteiger partial charge in [-0.15, -0.1) is 0 Å². The van der Waals surface area contributed by atoms with Gasteiger partial charge >= 0.3 is 0 Å². The summed E-state index contributed by atoms with van der Waals surface area (Å²) in [7, 11) is 3.40. The number of aryl methyl sites for hydroxylation is 1. The van der Waals surface area contributed by atoms with Crippen LogP contribution >= 0.6 is 15.9 Å². The zero-order valence-corrected chi connectivity index (χ0v) is 13.9. The van der Waals surface area contributed by atoms with Crippen molar-refractivity contribution in [3.63, 3.8) is 0 Å². The van der Waals surface area contributed by atoms with Gasteiger partial charge in [0.15, 0.2) is 5.75 Å². The lowest BCUT2D eigenvalue weighted by atomic mass is 10.0. The minimum absolute atomic E-state index is 0.275. The van der Waals surface area contributed by atoms with Gasteiger partial charge < -0.3 is 10.1 Å². The molecule has 0 spiro atoms. The maximum absolute atomic E-state index is 14.4. The van der Waals surface area contributed by atoms with Crippen LogP contribution < -0.4 is 10.1 Å². The van der Waals surface area contributed by atoms with Crippen molar-refractivity contribution in [2.75, 3.05) is 14.2 Å². The average Bonchev–Trinajstić information content (AvgIpc) is 2.88. The zero-order valence-electron chi connectivity index (χ0n) is 12.4. The summed E-state index contributed by atoms with van der Waals surface area (Å²) in [6.07, 6.45) is 2.61. The largest absolute Gasteiger partial charge is 0.493 e. The van der Waals surface area contributed by atoms with Gasteiger partial charge in [0.25, 0.3) is 0 Å². The van der Waals surface area contributed by atoms with Gasteiger partial charge in [-0.25, -0.2) is 4.39 Å². The molecule has 1 aromatic heterocycles. The molecule has 6 heteroatoms. The molecule has 4 nitrogen and oxygen atoms in total. The molecule has 21 heavy (non-hydrogen) atoms. The third-order valence-electron chi connectivity index (χ3n) is 3.35. The predicted molar refractivity (Wildman–Crippen MR) is 84.1 cm³/mol. The van der Waals surface area contributed by atoms with Gasteiger partial charge in [-0.3, -0.25) is 4.68 Å². The molecule has 0 fully saturated rings. The lowest BCUT2D eigenvalue weighted by Crippen LogP contribution is -2.23. The van der Waals surface area contributed by atoms with Crippen LogP contribution in [0.2, 0.25) is 0 Å². The summed E-state index contributed by atoms with van der Waals surface area (Å²) in [5, 5.41) is 7.50. The normalized spacial score (nSPS) is 12.4. The summed E-state index contributed by atoms with van der Waals surface area (Å²) in [6.45, 7) is 2.83. The number of nitrogens with zero attached hydrogens (tertiary/aromatic N) is 2. The van der Waals surface area contributed by atoms with Crippen LogP contribution in [0.1, 0.15) is 30.6 Å². The Morgan fingerprint density at radius 3 is 2.86 bits per heavy atom. The van der Waals surface area contributed by atoms with Crippen molar-refractivity contribution in [3.8, 4) is 5.75 Å². The summed E-state index contributed by atoms with van der Waals surface area (Å²) in [6, 6.07) is 4.95. The van der Waals surface area contributed by atoms with Crippen molar-refractivity contribution < 1.29 is 9.13 Å². The van der Waals surface area contributed by atoms with E-state index in [1.807, 2.05) is 10.7 Å². The third kappa shape index (κ3) is 3.11. The van der Waals surface area contributed by atoms with E-state index in [2.05, 4.69) is 33.3 Å². The van der Waals surface area contributed by atoms with Crippen LogP contribution in [0.25, 0.3) is 0 Å². The second-order valence-corrected chi connectivity index (χ2v) is 5.54. The maximum Gasteiger partial charge on any atom is 0.161 e. The Hall–Kier alpha value is -1.40. The molecule has 0 saturated heterocycles. The fourth-order valence-electron chi connectivity index (χ4n) is 2.40. The molecule has 114 valence electrons. The van der Waals surface area contributed by atoms with E-state index in [1.165, 1.54) is 0 Å². The van der Waals surface area contributed by atoms with Gasteiger partial charge in [-0.2, -0.15) is 5.10 Å². The standard InChI is InChI=1S/C15H19BrFN3O/c1-4-8-20-15(12(21-3)9-19-20)14(18-2)10-6-5-7-11(16)13(10)17/h5-7,9,14,18H,4,8H2,1-3H3. The molecule has 2 rings (SSSR count). The van der Waals surface area contributed by atoms with E-state index in [1.54, 1.807) is 32.5 Å². The highest BCUT2D eigenvalue weighted by Crippen LogP contribution is 2.33. The fraction of sp³-hybridized carbons (Fsp3) is 0.400. The fourth-order valence-corrected chi connectivity index (χ4v) is 2.78. The second kappa shape index (κ2) is 7.04. The SMILES string of the molecule is CCCn1ncc(OC)c1C(NC)c1cccc(Br)c1F. The first-order chi connectivity index (χ1) is 10.1. The summed E-state index contributed by atoms with van der Waals surface area (Å²) < 4.78 is 22.1. The van der Waals surface area contributed by atoms with Crippen molar-refractivity contribution in [3.05, 3.63) is 45.9 Å². The molecule has 0 aliphatic rings. The minimum Gasteiger partial charge on any atom is -0.493 e. The molecular formula is C15H19BrFN3O. The second-order valence-electron chi connectivity index (χ2n) is 4.69. The minimum atomic E-state index is -0.327. The van der Waals surface area contributed by atoms with E-state index in [4.69, 9.17) is 4.74 Å².